The lowest BCUT2D eigenvalue weighted by Gasteiger charge is -2.00. The zero-order valence-electron chi connectivity index (χ0n) is 9.06. The van der Waals surface area contributed by atoms with Crippen molar-refractivity contribution in [2.75, 3.05) is 11.9 Å². The maximum atomic E-state index is 4.40. The quantitative estimate of drug-likeness (QED) is 0.848. The topological polar surface area (TPSA) is 50.7 Å². The van der Waals surface area contributed by atoms with E-state index in [4.69, 9.17) is 0 Å². The SMILES string of the molecule is CCNc1snnc1CSc1nc(C)cs1. The van der Waals surface area contributed by atoms with Crippen molar-refractivity contribution in [2.45, 2.75) is 23.9 Å². The Labute approximate surface area is 107 Å². The third-order valence-corrected chi connectivity index (χ3v) is 4.70. The van der Waals surface area contributed by atoms with E-state index in [0.717, 1.165) is 33.0 Å². The first-order valence-corrected chi connectivity index (χ1v) is 7.53. The summed E-state index contributed by atoms with van der Waals surface area (Å²) < 4.78 is 5.05. The van der Waals surface area contributed by atoms with E-state index in [0.29, 0.717) is 0 Å². The number of aryl methyl sites for hydroxylation is 1. The highest BCUT2D eigenvalue weighted by molar-refractivity contribution is 8.00. The number of hydrogen-bond acceptors (Lipinski definition) is 7. The molecule has 1 N–H and O–H groups in total. The fourth-order valence-corrected chi connectivity index (χ4v) is 3.65. The van der Waals surface area contributed by atoms with Crippen LogP contribution in [0.15, 0.2) is 9.72 Å². The van der Waals surface area contributed by atoms with Gasteiger partial charge in [0.25, 0.3) is 0 Å². The molecule has 7 heteroatoms. The van der Waals surface area contributed by atoms with Crippen LogP contribution in [0.1, 0.15) is 18.3 Å². The zero-order valence-corrected chi connectivity index (χ0v) is 11.5. The summed E-state index contributed by atoms with van der Waals surface area (Å²) in [7, 11) is 0. The standard InChI is InChI=1S/C9H12N4S3/c1-3-10-8-7(12-13-16-8)5-15-9-11-6(2)4-14-9/h4,10H,3,5H2,1-2H3. The van der Waals surface area contributed by atoms with E-state index in [2.05, 4.69) is 32.2 Å². The van der Waals surface area contributed by atoms with Gasteiger partial charge in [0.05, 0.1) is 0 Å². The van der Waals surface area contributed by atoms with Gasteiger partial charge < -0.3 is 5.32 Å². The van der Waals surface area contributed by atoms with Gasteiger partial charge in [-0.25, -0.2) is 4.98 Å². The highest BCUT2D eigenvalue weighted by atomic mass is 32.2. The molecule has 0 fully saturated rings. The number of aromatic nitrogens is 3. The van der Waals surface area contributed by atoms with Gasteiger partial charge in [0, 0.05) is 34.9 Å². The van der Waals surface area contributed by atoms with Crippen molar-refractivity contribution in [1.82, 2.24) is 14.6 Å². The van der Waals surface area contributed by atoms with Crippen molar-refractivity contribution in [2.24, 2.45) is 0 Å². The first-order valence-electron chi connectivity index (χ1n) is 4.89. The average Bonchev–Trinajstić information content (AvgIpc) is 2.85. The summed E-state index contributed by atoms with van der Waals surface area (Å²) in [6.45, 7) is 4.98. The lowest BCUT2D eigenvalue weighted by Crippen LogP contribution is -1.97. The zero-order chi connectivity index (χ0) is 11.4. The third-order valence-electron chi connectivity index (χ3n) is 1.82. The fraction of sp³-hybridized carbons (Fsp3) is 0.444. The molecule has 0 amide bonds. The van der Waals surface area contributed by atoms with E-state index in [1.54, 1.807) is 23.1 Å². The molecule has 0 spiro atoms. The van der Waals surface area contributed by atoms with Crippen molar-refractivity contribution in [3.8, 4) is 0 Å². The molecule has 16 heavy (non-hydrogen) atoms. The van der Waals surface area contributed by atoms with Crippen LogP contribution in [0.25, 0.3) is 0 Å². The Kier molecular flexibility index (Phi) is 4.14. The van der Waals surface area contributed by atoms with E-state index in [9.17, 15) is 0 Å². The highest BCUT2D eigenvalue weighted by Gasteiger charge is 2.08. The number of anilines is 1. The van der Waals surface area contributed by atoms with E-state index in [-0.39, 0.29) is 0 Å². The first kappa shape index (κ1) is 11.8. The molecule has 2 aromatic rings. The number of hydrogen-bond donors (Lipinski definition) is 1. The normalized spacial score (nSPS) is 10.6. The lowest BCUT2D eigenvalue weighted by atomic mass is 10.5. The van der Waals surface area contributed by atoms with Crippen molar-refractivity contribution in [3.63, 3.8) is 0 Å². The van der Waals surface area contributed by atoms with Gasteiger partial charge in [-0.05, 0) is 13.8 Å². The van der Waals surface area contributed by atoms with E-state index >= 15 is 0 Å². The molecule has 0 radical (unpaired) electrons. The molecule has 86 valence electrons. The molecule has 0 aliphatic heterocycles. The number of nitrogens with zero attached hydrogens (tertiary/aromatic N) is 3. The predicted molar refractivity (Wildman–Crippen MR) is 70.5 cm³/mol. The molecule has 2 aromatic heterocycles. The maximum Gasteiger partial charge on any atom is 0.150 e. The highest BCUT2D eigenvalue weighted by Crippen LogP contribution is 2.29. The summed E-state index contributed by atoms with van der Waals surface area (Å²) in [6.07, 6.45) is 0. The third kappa shape index (κ3) is 2.93. The van der Waals surface area contributed by atoms with Crippen molar-refractivity contribution in [1.29, 1.82) is 0 Å². The second kappa shape index (κ2) is 5.60. The van der Waals surface area contributed by atoms with Gasteiger partial charge in [0.2, 0.25) is 0 Å². The number of thiazole rings is 1. The van der Waals surface area contributed by atoms with Gasteiger partial charge in [-0.15, -0.1) is 16.4 Å². The van der Waals surface area contributed by atoms with Crippen LogP contribution in [0.3, 0.4) is 0 Å². The van der Waals surface area contributed by atoms with Gasteiger partial charge in [0.1, 0.15) is 15.0 Å². The molecule has 0 atom stereocenters. The van der Waals surface area contributed by atoms with Crippen LogP contribution in [0.2, 0.25) is 0 Å². The minimum Gasteiger partial charge on any atom is -0.374 e. The molecule has 4 nitrogen and oxygen atoms in total. The van der Waals surface area contributed by atoms with Crippen LogP contribution in [-0.2, 0) is 5.75 Å². The van der Waals surface area contributed by atoms with Crippen molar-refractivity contribution in [3.05, 3.63) is 16.8 Å². The lowest BCUT2D eigenvalue weighted by molar-refractivity contribution is 1.06. The molecule has 2 heterocycles. The average molecular weight is 272 g/mol. The summed E-state index contributed by atoms with van der Waals surface area (Å²) in [4.78, 5) is 4.40. The van der Waals surface area contributed by atoms with E-state index in [1.807, 2.05) is 6.92 Å². The second-order valence-electron chi connectivity index (χ2n) is 3.12. The van der Waals surface area contributed by atoms with Crippen LogP contribution in [0, 0.1) is 6.92 Å². The van der Waals surface area contributed by atoms with E-state index in [1.165, 1.54) is 11.5 Å². The van der Waals surface area contributed by atoms with Crippen molar-refractivity contribution < 1.29 is 0 Å². The summed E-state index contributed by atoms with van der Waals surface area (Å²) in [6, 6.07) is 0. The Morgan fingerprint density at radius 2 is 2.38 bits per heavy atom. The number of rotatable bonds is 5. The largest absolute Gasteiger partial charge is 0.374 e. The first-order chi connectivity index (χ1) is 7.79. The molecule has 0 bridgehead atoms. The molecule has 0 aromatic carbocycles. The minimum absolute atomic E-state index is 0.825. The number of thioether (sulfide) groups is 1. The molecule has 0 saturated carbocycles. The molecule has 0 aliphatic carbocycles. The maximum absolute atomic E-state index is 4.40. The molecule has 2 rings (SSSR count). The number of nitrogens with one attached hydrogen (secondary N) is 1. The summed E-state index contributed by atoms with van der Waals surface area (Å²) in [5.41, 5.74) is 2.10. The Morgan fingerprint density at radius 3 is 3.06 bits per heavy atom. The summed E-state index contributed by atoms with van der Waals surface area (Å²) >= 11 is 4.80. The molecular weight excluding hydrogens is 260 g/mol. The van der Waals surface area contributed by atoms with Crippen LogP contribution in [0.4, 0.5) is 5.00 Å². The smallest absolute Gasteiger partial charge is 0.150 e. The van der Waals surface area contributed by atoms with Gasteiger partial charge in [-0.2, -0.15) is 0 Å². The Morgan fingerprint density at radius 1 is 1.50 bits per heavy atom. The fourth-order valence-electron chi connectivity index (χ4n) is 1.13. The summed E-state index contributed by atoms with van der Waals surface area (Å²) in [5, 5.41) is 10.5. The van der Waals surface area contributed by atoms with Gasteiger partial charge in [-0.1, -0.05) is 16.3 Å². The predicted octanol–water partition coefficient (Wildman–Crippen LogP) is 3.03. The summed E-state index contributed by atoms with van der Waals surface area (Å²) in [5.74, 6) is 0.825. The van der Waals surface area contributed by atoms with Gasteiger partial charge in [0.15, 0.2) is 0 Å². The Balaban J connectivity index is 1.96. The molecule has 0 aliphatic rings. The minimum atomic E-state index is 0.825. The van der Waals surface area contributed by atoms with Crippen LogP contribution in [0.5, 0.6) is 0 Å². The molecule has 0 saturated heterocycles. The Hall–Kier alpha value is -0.660. The van der Waals surface area contributed by atoms with Crippen LogP contribution < -0.4 is 5.32 Å². The van der Waals surface area contributed by atoms with Crippen molar-refractivity contribution >= 4 is 39.6 Å². The van der Waals surface area contributed by atoms with Gasteiger partial charge in [-0.3, -0.25) is 0 Å². The second-order valence-corrected chi connectivity index (χ2v) is 5.96. The van der Waals surface area contributed by atoms with Crippen LogP contribution in [-0.4, -0.2) is 21.1 Å². The van der Waals surface area contributed by atoms with Gasteiger partial charge >= 0.3 is 0 Å². The Bertz CT molecular complexity index is 451. The monoisotopic (exact) mass is 272 g/mol. The molecular formula is C9H12N4S3. The van der Waals surface area contributed by atoms with Crippen LogP contribution >= 0.6 is 34.6 Å². The molecule has 0 unspecified atom stereocenters. The van der Waals surface area contributed by atoms with E-state index < -0.39 is 0 Å².